The van der Waals surface area contributed by atoms with E-state index in [9.17, 15) is 4.79 Å². The third-order valence-corrected chi connectivity index (χ3v) is 4.52. The fourth-order valence-electron chi connectivity index (χ4n) is 2.77. The quantitative estimate of drug-likeness (QED) is 0.657. The van der Waals surface area contributed by atoms with Crippen LogP contribution in [-0.4, -0.2) is 20.9 Å². The van der Waals surface area contributed by atoms with Gasteiger partial charge in [-0.1, -0.05) is 37.9 Å². The minimum Gasteiger partial charge on any atom is -0.392 e. The highest BCUT2D eigenvalue weighted by Crippen LogP contribution is 2.35. The van der Waals surface area contributed by atoms with Gasteiger partial charge in [0.15, 0.2) is 0 Å². The van der Waals surface area contributed by atoms with Crippen molar-refractivity contribution >= 4 is 23.1 Å². The summed E-state index contributed by atoms with van der Waals surface area (Å²) in [5.41, 5.74) is 6.81. The van der Waals surface area contributed by atoms with E-state index in [0.29, 0.717) is 11.5 Å². The Morgan fingerprint density at radius 2 is 1.95 bits per heavy atom. The van der Waals surface area contributed by atoms with Gasteiger partial charge in [-0.25, -0.2) is 0 Å². The molecular weight excluding hydrogens is 284 g/mol. The van der Waals surface area contributed by atoms with E-state index in [2.05, 4.69) is 15.3 Å². The maximum absolute atomic E-state index is 12.6. The van der Waals surface area contributed by atoms with Crippen molar-refractivity contribution in [3.05, 3.63) is 23.8 Å². The maximum Gasteiger partial charge on any atom is 0.233 e. The van der Waals surface area contributed by atoms with Gasteiger partial charge in [0, 0.05) is 6.20 Å². The lowest BCUT2D eigenvalue weighted by atomic mass is 9.79. The summed E-state index contributed by atoms with van der Waals surface area (Å²) in [5.74, 6) is -0.0701. The number of carbonyl (C=O) groups excluding carboxylic acids is 1. The molecule has 3 N–H and O–H groups in total. The molecule has 1 aliphatic carbocycles. The Labute approximate surface area is 130 Å². The van der Waals surface area contributed by atoms with Gasteiger partial charge in [-0.05, 0) is 19.8 Å². The first-order valence-corrected chi connectivity index (χ1v) is 7.81. The Balaban J connectivity index is 2.05. The number of rotatable bonds is 4. The molecule has 1 aromatic heterocycles. The summed E-state index contributed by atoms with van der Waals surface area (Å²) in [6.07, 6.45) is 9.13. The number of nitrogens with two attached hydrogens (primary N) is 1. The number of hydrogen-bond donors (Lipinski definition) is 2. The van der Waals surface area contributed by atoms with Gasteiger partial charge < -0.3 is 11.1 Å². The van der Waals surface area contributed by atoms with Gasteiger partial charge in [-0.2, -0.15) is 0 Å². The summed E-state index contributed by atoms with van der Waals surface area (Å²) in [6.45, 7) is 2.24. The number of nitrogens with zero attached hydrogens (tertiary/aromatic N) is 2. The Hall–Kier alpha value is -1.56. The van der Waals surface area contributed by atoms with Crippen LogP contribution in [0.3, 0.4) is 0 Å². The van der Waals surface area contributed by atoms with Gasteiger partial charge in [0.25, 0.3) is 0 Å². The summed E-state index contributed by atoms with van der Waals surface area (Å²) in [6, 6.07) is 0. The zero-order valence-corrected chi connectivity index (χ0v) is 13.2. The highest BCUT2D eigenvalue weighted by Gasteiger charge is 2.41. The van der Waals surface area contributed by atoms with Crippen LogP contribution in [-0.2, 0) is 11.3 Å². The second-order valence-electron chi connectivity index (χ2n) is 5.69. The summed E-state index contributed by atoms with van der Waals surface area (Å²) in [7, 11) is 0. The standard InChI is InChI=1S/C15H22N4OS/c1-11-8-18-12(9-17-11)10-19-14(20)15(13(16)21)6-4-2-3-5-7-15/h8-9H,2-7,10H2,1H3,(H2,16,21)(H,19,20). The van der Waals surface area contributed by atoms with Crippen LogP contribution in [0.15, 0.2) is 12.4 Å². The molecule has 0 aromatic carbocycles. The van der Waals surface area contributed by atoms with Crippen LogP contribution in [0.25, 0.3) is 0 Å². The van der Waals surface area contributed by atoms with E-state index >= 15 is 0 Å². The minimum absolute atomic E-state index is 0.0701. The maximum atomic E-state index is 12.6. The first-order chi connectivity index (χ1) is 10.0. The molecule has 1 amide bonds. The summed E-state index contributed by atoms with van der Waals surface area (Å²) < 4.78 is 0. The van der Waals surface area contributed by atoms with Crippen molar-refractivity contribution in [1.82, 2.24) is 15.3 Å². The highest BCUT2D eigenvalue weighted by atomic mass is 32.1. The molecule has 0 radical (unpaired) electrons. The molecular formula is C15H22N4OS. The van der Waals surface area contributed by atoms with Crippen molar-refractivity contribution in [3.63, 3.8) is 0 Å². The number of aromatic nitrogens is 2. The predicted molar refractivity (Wildman–Crippen MR) is 85.5 cm³/mol. The van der Waals surface area contributed by atoms with E-state index in [1.807, 2.05) is 6.92 Å². The monoisotopic (exact) mass is 306 g/mol. The van der Waals surface area contributed by atoms with Gasteiger partial charge in [0.05, 0.1) is 34.5 Å². The van der Waals surface area contributed by atoms with Crippen LogP contribution in [0.2, 0.25) is 0 Å². The lowest BCUT2D eigenvalue weighted by molar-refractivity contribution is -0.128. The van der Waals surface area contributed by atoms with Crippen molar-refractivity contribution < 1.29 is 4.79 Å². The van der Waals surface area contributed by atoms with Crippen molar-refractivity contribution in [2.24, 2.45) is 11.1 Å². The predicted octanol–water partition coefficient (Wildman–Crippen LogP) is 2.03. The molecule has 5 nitrogen and oxygen atoms in total. The third-order valence-electron chi connectivity index (χ3n) is 4.13. The zero-order chi connectivity index (χ0) is 15.3. The molecule has 1 heterocycles. The third kappa shape index (κ3) is 3.75. The Morgan fingerprint density at radius 3 is 2.48 bits per heavy atom. The summed E-state index contributed by atoms with van der Waals surface area (Å²) >= 11 is 5.20. The number of carbonyl (C=O) groups is 1. The first-order valence-electron chi connectivity index (χ1n) is 7.40. The van der Waals surface area contributed by atoms with E-state index in [1.54, 1.807) is 12.4 Å². The molecule has 6 heteroatoms. The van der Waals surface area contributed by atoms with E-state index in [-0.39, 0.29) is 5.91 Å². The molecule has 0 saturated heterocycles. The van der Waals surface area contributed by atoms with E-state index < -0.39 is 5.41 Å². The van der Waals surface area contributed by atoms with Crippen molar-refractivity contribution in [3.8, 4) is 0 Å². The van der Waals surface area contributed by atoms with Gasteiger partial charge in [-0.3, -0.25) is 14.8 Å². The molecule has 0 atom stereocenters. The van der Waals surface area contributed by atoms with Crippen molar-refractivity contribution in [2.75, 3.05) is 0 Å². The van der Waals surface area contributed by atoms with Crippen LogP contribution < -0.4 is 11.1 Å². The smallest absolute Gasteiger partial charge is 0.233 e. The Bertz CT molecular complexity index is 507. The molecule has 0 spiro atoms. The van der Waals surface area contributed by atoms with Gasteiger partial charge in [-0.15, -0.1) is 0 Å². The average molecular weight is 306 g/mol. The fourth-order valence-corrected chi connectivity index (χ4v) is 3.06. The molecule has 1 aromatic rings. The van der Waals surface area contributed by atoms with Crippen molar-refractivity contribution in [1.29, 1.82) is 0 Å². The molecule has 1 saturated carbocycles. The van der Waals surface area contributed by atoms with E-state index in [4.69, 9.17) is 18.0 Å². The van der Waals surface area contributed by atoms with Crippen molar-refractivity contribution in [2.45, 2.75) is 52.0 Å². The molecule has 0 unspecified atom stereocenters. The SMILES string of the molecule is Cc1cnc(CNC(=O)C2(C(N)=S)CCCCCC2)cn1. The summed E-state index contributed by atoms with van der Waals surface area (Å²) in [4.78, 5) is 21.4. The summed E-state index contributed by atoms with van der Waals surface area (Å²) in [5, 5.41) is 2.93. The van der Waals surface area contributed by atoms with E-state index in [1.165, 1.54) is 0 Å². The lowest BCUT2D eigenvalue weighted by Crippen LogP contribution is -2.48. The van der Waals surface area contributed by atoms with E-state index in [0.717, 1.165) is 49.9 Å². The molecule has 1 fully saturated rings. The number of hydrogen-bond acceptors (Lipinski definition) is 4. The Kier molecular flexibility index (Phi) is 5.22. The fraction of sp³-hybridized carbons (Fsp3) is 0.600. The molecule has 0 bridgehead atoms. The molecule has 21 heavy (non-hydrogen) atoms. The second-order valence-corrected chi connectivity index (χ2v) is 6.13. The molecule has 1 aliphatic rings. The number of nitrogens with one attached hydrogen (secondary N) is 1. The Morgan fingerprint density at radius 1 is 1.29 bits per heavy atom. The average Bonchev–Trinajstić information content (AvgIpc) is 2.73. The molecule has 114 valence electrons. The second kappa shape index (κ2) is 6.93. The van der Waals surface area contributed by atoms with Crippen LogP contribution >= 0.6 is 12.2 Å². The largest absolute Gasteiger partial charge is 0.392 e. The van der Waals surface area contributed by atoms with Crippen LogP contribution in [0.4, 0.5) is 0 Å². The zero-order valence-electron chi connectivity index (χ0n) is 12.4. The normalized spacial score (nSPS) is 17.8. The molecule has 2 rings (SSSR count). The van der Waals surface area contributed by atoms with Gasteiger partial charge in [0.2, 0.25) is 5.91 Å². The number of aryl methyl sites for hydroxylation is 1. The minimum atomic E-state index is -0.691. The number of thiocarbonyl (C=S) groups is 1. The first kappa shape index (κ1) is 15.8. The van der Waals surface area contributed by atoms with Crippen LogP contribution in [0.1, 0.15) is 49.9 Å². The van der Waals surface area contributed by atoms with Gasteiger partial charge >= 0.3 is 0 Å². The number of amides is 1. The topological polar surface area (TPSA) is 80.9 Å². The lowest BCUT2D eigenvalue weighted by Gasteiger charge is -2.30. The van der Waals surface area contributed by atoms with Crippen LogP contribution in [0, 0.1) is 12.3 Å². The molecule has 0 aliphatic heterocycles. The van der Waals surface area contributed by atoms with Crippen LogP contribution in [0.5, 0.6) is 0 Å². The highest BCUT2D eigenvalue weighted by molar-refractivity contribution is 7.80. The van der Waals surface area contributed by atoms with Gasteiger partial charge in [0.1, 0.15) is 0 Å².